The minimum Gasteiger partial charge on any atom is -0.496 e. The number of nitrogens with zero attached hydrogens (tertiary/aromatic N) is 1. The Hall–Kier alpha value is -4.64. The van der Waals surface area contributed by atoms with Gasteiger partial charge in [0.2, 0.25) is 11.7 Å². The van der Waals surface area contributed by atoms with E-state index in [0.717, 1.165) is 11.1 Å². The molecule has 0 saturated heterocycles. The summed E-state index contributed by atoms with van der Waals surface area (Å²) in [6, 6.07) is 32.1. The van der Waals surface area contributed by atoms with Crippen LogP contribution in [0, 0.1) is 0 Å². The van der Waals surface area contributed by atoms with Gasteiger partial charge < -0.3 is 13.9 Å². The molecule has 1 heterocycles. The summed E-state index contributed by atoms with van der Waals surface area (Å²) in [6.45, 7) is 0.451. The van der Waals surface area contributed by atoms with Crippen LogP contribution in [0.1, 0.15) is 27.4 Å². The molecule has 0 saturated carbocycles. The fraction of sp³-hybridized carbons (Fsp3) is 0.0667. The first-order valence-corrected chi connectivity index (χ1v) is 11.2. The predicted octanol–water partition coefficient (Wildman–Crippen LogP) is 6.84. The van der Waals surface area contributed by atoms with E-state index in [4.69, 9.17) is 13.9 Å². The summed E-state index contributed by atoms with van der Waals surface area (Å²) in [5.41, 5.74) is 3.91. The van der Waals surface area contributed by atoms with Gasteiger partial charge in [0.15, 0.2) is 5.58 Å². The first-order valence-electron chi connectivity index (χ1n) is 11.2. The molecule has 5 rings (SSSR count). The lowest BCUT2D eigenvalue weighted by Crippen LogP contribution is -2.05. The van der Waals surface area contributed by atoms with Gasteiger partial charge in [-0.25, -0.2) is 4.98 Å². The molecule has 5 nitrogen and oxygen atoms in total. The summed E-state index contributed by atoms with van der Waals surface area (Å²) in [7, 11) is 1.54. The molecule has 0 aliphatic carbocycles. The lowest BCUT2D eigenvalue weighted by Gasteiger charge is -2.10. The Kier molecular flexibility index (Phi) is 6.39. The average molecular weight is 462 g/mol. The first kappa shape index (κ1) is 22.2. The van der Waals surface area contributed by atoms with E-state index in [1.165, 1.54) is 0 Å². The summed E-state index contributed by atoms with van der Waals surface area (Å²) in [4.78, 5) is 18.3. The molecule has 0 unspecified atom stereocenters. The smallest absolute Gasteiger partial charge is 0.231 e. The van der Waals surface area contributed by atoms with E-state index >= 15 is 0 Å². The van der Waals surface area contributed by atoms with Gasteiger partial charge in [0.1, 0.15) is 23.6 Å². The molecule has 5 aromatic rings. The van der Waals surface area contributed by atoms with E-state index in [-0.39, 0.29) is 11.7 Å². The average Bonchev–Trinajstić information content (AvgIpc) is 3.35. The summed E-state index contributed by atoms with van der Waals surface area (Å²) >= 11 is 0. The molecule has 0 radical (unpaired) electrons. The van der Waals surface area contributed by atoms with Crippen molar-refractivity contribution in [2.75, 3.05) is 7.11 Å². The van der Waals surface area contributed by atoms with Crippen LogP contribution in [0.3, 0.4) is 0 Å². The largest absolute Gasteiger partial charge is 0.496 e. The number of hydrogen-bond donors (Lipinski definition) is 0. The normalized spacial score (nSPS) is 11.4. The maximum absolute atomic E-state index is 13.7. The third-order valence-electron chi connectivity index (χ3n) is 5.54. The Balaban J connectivity index is 1.54. The van der Waals surface area contributed by atoms with Crippen LogP contribution in [0.2, 0.25) is 0 Å². The van der Waals surface area contributed by atoms with Crippen molar-refractivity contribution in [1.29, 1.82) is 0 Å². The SMILES string of the molecule is COc1ccccc1C(=O)C(=Cc1cccc(OCc2ccccc2)c1)c1nc2ccccc2o1. The molecular formula is C30H23NO4. The number of benzene rings is 4. The van der Waals surface area contributed by atoms with Gasteiger partial charge in [-0.15, -0.1) is 0 Å². The van der Waals surface area contributed by atoms with Crippen LogP contribution < -0.4 is 9.47 Å². The number of ketones is 1. The second-order valence-electron chi connectivity index (χ2n) is 7.92. The number of fused-ring (bicyclic) bond motifs is 1. The van der Waals surface area contributed by atoms with Gasteiger partial charge >= 0.3 is 0 Å². The zero-order valence-electron chi connectivity index (χ0n) is 19.2. The Bertz CT molecular complexity index is 1470. The monoisotopic (exact) mass is 461 g/mol. The highest BCUT2D eigenvalue weighted by atomic mass is 16.5. The van der Waals surface area contributed by atoms with E-state index in [2.05, 4.69) is 4.98 Å². The first-order chi connectivity index (χ1) is 17.2. The van der Waals surface area contributed by atoms with E-state index in [9.17, 15) is 4.79 Å². The molecule has 172 valence electrons. The van der Waals surface area contributed by atoms with Crippen LogP contribution in [-0.2, 0) is 6.61 Å². The molecule has 5 heteroatoms. The minimum atomic E-state index is -0.246. The van der Waals surface area contributed by atoms with Crippen LogP contribution in [0.15, 0.2) is 108 Å². The standard InChI is InChI=1S/C30H23NO4/c1-33-27-16-7-5-14-24(27)29(32)25(30-31-26-15-6-8-17-28(26)35-30)19-22-12-9-13-23(18-22)34-20-21-10-3-2-4-11-21/h2-19H,20H2,1H3. The fourth-order valence-electron chi connectivity index (χ4n) is 3.79. The summed E-state index contributed by atoms with van der Waals surface area (Å²) in [5, 5.41) is 0. The van der Waals surface area contributed by atoms with Crippen molar-refractivity contribution in [3.05, 3.63) is 126 Å². The Morgan fingerprint density at radius 3 is 2.49 bits per heavy atom. The molecule has 4 aromatic carbocycles. The number of rotatable bonds is 8. The topological polar surface area (TPSA) is 61.6 Å². The molecule has 0 bridgehead atoms. The third kappa shape index (κ3) is 4.99. The van der Waals surface area contributed by atoms with Crippen LogP contribution >= 0.6 is 0 Å². The second kappa shape index (κ2) is 10.1. The van der Waals surface area contributed by atoms with Gasteiger partial charge in [-0.3, -0.25) is 4.79 Å². The van der Waals surface area contributed by atoms with E-state index in [0.29, 0.717) is 40.3 Å². The molecule has 0 atom stereocenters. The molecule has 0 aliphatic rings. The van der Waals surface area contributed by atoms with Gasteiger partial charge in [0.05, 0.1) is 18.2 Å². The third-order valence-corrected chi connectivity index (χ3v) is 5.54. The Morgan fingerprint density at radius 1 is 0.886 bits per heavy atom. The molecular weight excluding hydrogens is 438 g/mol. The predicted molar refractivity (Wildman–Crippen MR) is 136 cm³/mol. The van der Waals surface area contributed by atoms with Gasteiger partial charge in [0, 0.05) is 0 Å². The van der Waals surface area contributed by atoms with Crippen molar-refractivity contribution in [1.82, 2.24) is 4.98 Å². The molecule has 0 fully saturated rings. The van der Waals surface area contributed by atoms with Crippen LogP contribution in [0.25, 0.3) is 22.7 Å². The molecule has 0 aliphatic heterocycles. The van der Waals surface area contributed by atoms with Crippen molar-refractivity contribution < 1.29 is 18.7 Å². The van der Waals surface area contributed by atoms with Crippen molar-refractivity contribution in [3.8, 4) is 11.5 Å². The van der Waals surface area contributed by atoms with E-state index in [1.807, 2.05) is 84.9 Å². The highest BCUT2D eigenvalue weighted by Gasteiger charge is 2.23. The number of allylic oxidation sites excluding steroid dienone is 1. The minimum absolute atomic E-state index is 0.246. The quantitative estimate of drug-likeness (QED) is 0.187. The fourth-order valence-corrected chi connectivity index (χ4v) is 3.79. The zero-order valence-corrected chi connectivity index (χ0v) is 19.2. The number of carbonyl (C=O) groups excluding carboxylic acids is 1. The van der Waals surface area contributed by atoms with Gasteiger partial charge in [0.25, 0.3) is 0 Å². The highest BCUT2D eigenvalue weighted by Crippen LogP contribution is 2.30. The van der Waals surface area contributed by atoms with Crippen molar-refractivity contribution in [2.24, 2.45) is 0 Å². The Labute approximate surface area is 203 Å². The summed E-state index contributed by atoms with van der Waals surface area (Å²) < 4.78 is 17.4. The molecule has 0 amide bonds. The number of aromatic nitrogens is 1. The molecule has 0 spiro atoms. The maximum Gasteiger partial charge on any atom is 0.231 e. The molecule has 1 aromatic heterocycles. The van der Waals surface area contributed by atoms with Crippen molar-refractivity contribution >= 4 is 28.5 Å². The van der Waals surface area contributed by atoms with Crippen LogP contribution in [0.5, 0.6) is 11.5 Å². The van der Waals surface area contributed by atoms with E-state index in [1.54, 1.807) is 31.4 Å². The molecule has 0 N–H and O–H groups in total. The van der Waals surface area contributed by atoms with Gasteiger partial charge in [-0.2, -0.15) is 0 Å². The van der Waals surface area contributed by atoms with Crippen LogP contribution in [0.4, 0.5) is 0 Å². The number of para-hydroxylation sites is 3. The molecule has 35 heavy (non-hydrogen) atoms. The lowest BCUT2D eigenvalue weighted by atomic mass is 10.00. The van der Waals surface area contributed by atoms with Gasteiger partial charge in [-0.05, 0) is 53.6 Å². The second-order valence-corrected chi connectivity index (χ2v) is 7.92. The number of hydrogen-bond acceptors (Lipinski definition) is 5. The number of Topliss-reactive ketones (excluding diaryl/α,β-unsaturated/α-hetero) is 1. The number of carbonyl (C=O) groups is 1. The van der Waals surface area contributed by atoms with Crippen molar-refractivity contribution in [3.63, 3.8) is 0 Å². The maximum atomic E-state index is 13.7. The number of oxazole rings is 1. The zero-order chi connectivity index (χ0) is 24.0. The Morgan fingerprint density at radius 2 is 1.66 bits per heavy atom. The van der Waals surface area contributed by atoms with Crippen LogP contribution in [-0.4, -0.2) is 17.9 Å². The lowest BCUT2D eigenvalue weighted by molar-refractivity contribution is 0.105. The summed E-state index contributed by atoms with van der Waals surface area (Å²) in [6.07, 6.45) is 1.77. The summed E-state index contributed by atoms with van der Waals surface area (Å²) in [5.74, 6) is 1.19. The van der Waals surface area contributed by atoms with E-state index < -0.39 is 0 Å². The van der Waals surface area contributed by atoms with Crippen molar-refractivity contribution in [2.45, 2.75) is 6.61 Å². The highest BCUT2D eigenvalue weighted by molar-refractivity contribution is 6.32. The van der Waals surface area contributed by atoms with Gasteiger partial charge in [-0.1, -0.05) is 66.7 Å². The number of ether oxygens (including phenoxy) is 2. The number of methoxy groups -OCH3 is 1.